The molecule has 0 saturated carbocycles. The molecule has 2 N–H and O–H groups in total. The minimum atomic E-state index is -4.42. The maximum Gasteiger partial charge on any atom is 0.291 e. The third-order valence-corrected chi connectivity index (χ3v) is 8.50. The van der Waals surface area contributed by atoms with Crippen LogP contribution in [-0.2, 0) is 10.0 Å². The molecule has 9 nitrogen and oxygen atoms in total. The largest absolute Gasteiger partial charge is 0.353 e. The predicted octanol–water partition coefficient (Wildman–Crippen LogP) is 3.94. The first kappa shape index (κ1) is 27.7. The predicted molar refractivity (Wildman–Crippen MR) is 133 cm³/mol. The Labute approximate surface area is 216 Å². The summed E-state index contributed by atoms with van der Waals surface area (Å²) in [5.41, 5.74) is 0.582. The van der Waals surface area contributed by atoms with Crippen LogP contribution in [0.15, 0.2) is 23.2 Å². The van der Waals surface area contributed by atoms with Gasteiger partial charge in [-0.3, -0.25) is 0 Å². The molecule has 1 aliphatic heterocycles. The summed E-state index contributed by atoms with van der Waals surface area (Å²) in [4.78, 5) is 1.71. The van der Waals surface area contributed by atoms with Crippen LogP contribution in [0.25, 0.3) is 16.1 Å². The van der Waals surface area contributed by atoms with E-state index >= 15 is 0 Å². The maximum absolute atomic E-state index is 14.3. The fraction of sp³-hybridized carbons (Fsp3) is 0.591. The fourth-order valence-electron chi connectivity index (χ4n) is 4.59. The first-order valence-corrected chi connectivity index (χ1v) is 14.0. The van der Waals surface area contributed by atoms with Crippen molar-refractivity contribution in [3.05, 3.63) is 23.3 Å². The number of sulfonamides is 1. The summed E-state index contributed by atoms with van der Waals surface area (Å²) < 4.78 is 85.4. The molecular weight excluding hydrogens is 534 g/mol. The highest BCUT2D eigenvalue weighted by Gasteiger charge is 2.40. The zero-order chi connectivity index (χ0) is 27.3. The second-order valence-corrected chi connectivity index (χ2v) is 12.5. The van der Waals surface area contributed by atoms with Crippen molar-refractivity contribution in [2.24, 2.45) is 5.92 Å². The molecule has 0 aliphatic carbocycles. The monoisotopic (exact) mass is 563 g/mol. The van der Waals surface area contributed by atoms with Gasteiger partial charge in [0.1, 0.15) is 5.82 Å². The Bertz CT molecular complexity index is 1360. The Morgan fingerprint density at radius 3 is 2.35 bits per heavy atom. The van der Waals surface area contributed by atoms with Gasteiger partial charge in [-0.25, -0.2) is 35.2 Å². The maximum atomic E-state index is 14.3. The van der Waals surface area contributed by atoms with Crippen molar-refractivity contribution < 1.29 is 26.0 Å². The Kier molecular flexibility index (Phi) is 7.53. The number of rotatable bonds is 8. The molecule has 4 heterocycles. The number of piperazine rings is 1. The van der Waals surface area contributed by atoms with E-state index < -0.39 is 39.3 Å². The van der Waals surface area contributed by atoms with Crippen LogP contribution in [0, 0.1) is 5.92 Å². The molecule has 1 aliphatic rings. The number of anilines is 1. The summed E-state index contributed by atoms with van der Waals surface area (Å²) in [6.07, 6.45) is -1.40. The lowest BCUT2D eigenvalue weighted by molar-refractivity contribution is -0.0255. The van der Waals surface area contributed by atoms with Crippen molar-refractivity contribution in [2.45, 2.75) is 70.0 Å². The summed E-state index contributed by atoms with van der Waals surface area (Å²) in [6, 6.07) is 1.20. The molecule has 4 rings (SSSR count). The topological polar surface area (TPSA) is 105 Å². The van der Waals surface area contributed by atoms with E-state index in [4.69, 9.17) is 0 Å². The molecule has 1 fully saturated rings. The van der Waals surface area contributed by atoms with Crippen LogP contribution in [0.3, 0.4) is 0 Å². The third-order valence-electron chi connectivity index (χ3n) is 6.12. The molecular formula is C22H29F4N7O2S2. The van der Waals surface area contributed by atoms with E-state index in [1.807, 2.05) is 18.7 Å². The van der Waals surface area contributed by atoms with Gasteiger partial charge in [-0.2, -0.15) is 5.10 Å². The molecule has 204 valence electrons. The van der Waals surface area contributed by atoms with E-state index in [1.54, 1.807) is 0 Å². The molecule has 3 aromatic rings. The van der Waals surface area contributed by atoms with Gasteiger partial charge in [0.25, 0.3) is 12.3 Å². The Morgan fingerprint density at radius 2 is 1.81 bits per heavy atom. The summed E-state index contributed by atoms with van der Waals surface area (Å²) in [6.45, 7) is 8.72. The molecule has 0 amide bonds. The van der Waals surface area contributed by atoms with Gasteiger partial charge >= 0.3 is 0 Å². The highest BCUT2D eigenvalue weighted by Crippen LogP contribution is 2.35. The number of aromatic nitrogens is 4. The van der Waals surface area contributed by atoms with Gasteiger partial charge in [-0.05, 0) is 25.8 Å². The summed E-state index contributed by atoms with van der Waals surface area (Å²) in [5.74, 6) is -3.57. The van der Waals surface area contributed by atoms with Crippen LogP contribution < -0.4 is 14.9 Å². The lowest BCUT2D eigenvalue weighted by Crippen LogP contribution is -2.54. The first-order valence-electron chi connectivity index (χ1n) is 11.7. The summed E-state index contributed by atoms with van der Waals surface area (Å²) in [7, 11) is -4.42. The minimum absolute atomic E-state index is 0.0769. The van der Waals surface area contributed by atoms with Gasteiger partial charge in [0.15, 0.2) is 10.0 Å². The number of hydrogen-bond donors (Lipinski definition) is 2. The van der Waals surface area contributed by atoms with Crippen LogP contribution in [-0.4, -0.2) is 65.4 Å². The number of alkyl halides is 4. The number of hydrogen-bond acceptors (Lipinski definition) is 8. The van der Waals surface area contributed by atoms with E-state index in [0.29, 0.717) is 42.7 Å². The molecule has 37 heavy (non-hydrogen) atoms. The Morgan fingerprint density at radius 1 is 1.16 bits per heavy atom. The van der Waals surface area contributed by atoms with Crippen molar-refractivity contribution in [1.29, 1.82) is 0 Å². The lowest BCUT2D eigenvalue weighted by atomic mass is 10.0. The quantitative estimate of drug-likeness (QED) is 0.400. The highest BCUT2D eigenvalue weighted by atomic mass is 32.2. The minimum Gasteiger partial charge on any atom is -0.353 e. The van der Waals surface area contributed by atoms with Crippen molar-refractivity contribution in [2.75, 3.05) is 18.0 Å². The van der Waals surface area contributed by atoms with Crippen LogP contribution in [0.1, 0.15) is 46.1 Å². The Hall–Kier alpha value is -2.36. The second kappa shape index (κ2) is 10.1. The average molecular weight is 564 g/mol. The average Bonchev–Trinajstić information content (AvgIpc) is 3.42. The summed E-state index contributed by atoms with van der Waals surface area (Å²) in [5, 5.41) is 14.8. The molecule has 1 saturated heterocycles. The smallest absolute Gasteiger partial charge is 0.291 e. The number of nitrogens with one attached hydrogen (secondary N) is 2. The molecule has 3 aromatic heterocycles. The molecule has 3 atom stereocenters. The van der Waals surface area contributed by atoms with Crippen LogP contribution in [0.4, 0.5) is 23.4 Å². The zero-order valence-electron chi connectivity index (χ0n) is 20.9. The highest BCUT2D eigenvalue weighted by molar-refractivity contribution is 7.89. The van der Waals surface area contributed by atoms with Gasteiger partial charge in [-0.15, -0.1) is 10.2 Å². The molecule has 15 heteroatoms. The van der Waals surface area contributed by atoms with E-state index in [-0.39, 0.29) is 27.5 Å². The van der Waals surface area contributed by atoms with Crippen molar-refractivity contribution in [3.63, 3.8) is 0 Å². The molecule has 0 unspecified atom stereocenters. The van der Waals surface area contributed by atoms with Gasteiger partial charge in [0.05, 0.1) is 28.2 Å². The second-order valence-electron chi connectivity index (χ2n) is 9.82. The molecule has 0 aromatic carbocycles. The van der Waals surface area contributed by atoms with E-state index in [9.17, 15) is 26.0 Å². The fourth-order valence-corrected chi connectivity index (χ4v) is 6.79. The van der Waals surface area contributed by atoms with E-state index in [1.165, 1.54) is 36.7 Å². The summed E-state index contributed by atoms with van der Waals surface area (Å²) >= 11 is 0.674. The van der Waals surface area contributed by atoms with Crippen LogP contribution >= 0.6 is 11.3 Å². The van der Waals surface area contributed by atoms with Gasteiger partial charge in [-0.1, -0.05) is 25.2 Å². The van der Waals surface area contributed by atoms with Crippen LogP contribution in [0.5, 0.6) is 0 Å². The van der Waals surface area contributed by atoms with Crippen molar-refractivity contribution in [1.82, 2.24) is 29.9 Å². The normalized spacial score (nSPS) is 20.4. The van der Waals surface area contributed by atoms with Gasteiger partial charge in [0.2, 0.25) is 10.0 Å². The molecule has 0 spiro atoms. The lowest BCUT2D eigenvalue weighted by Gasteiger charge is -2.37. The van der Waals surface area contributed by atoms with E-state index in [2.05, 4.69) is 25.3 Å². The first-order chi connectivity index (χ1) is 17.2. The standard InChI is InChI=1S/C22H29F4N7O2S2/c1-11(2)18(22(5,25)26)31-37(34,35)14-6-16-15(20-29-30-21(36-20)19(23)24)8-27-33(16)17(7-14)32-9-12(3)28-13(4)10-32/h6-8,11-13,18-19,28,31H,9-10H2,1-5H3/t12-,13-,18-/m0/s1. The van der Waals surface area contributed by atoms with E-state index in [0.717, 1.165) is 0 Å². The number of fused-ring (bicyclic) bond motifs is 1. The SMILES string of the molecule is CC(C)[C@H](NS(=O)(=O)c1cc(N2C[C@H](C)N[C@@H](C)C2)n2ncc(-c3nnc(C(F)F)s3)c2c1)C(C)(F)F. The number of halogens is 4. The third kappa shape index (κ3) is 5.73. The van der Waals surface area contributed by atoms with Gasteiger partial charge in [0, 0.05) is 38.2 Å². The number of nitrogens with zero attached hydrogens (tertiary/aromatic N) is 5. The molecule has 0 radical (unpaired) electrons. The van der Waals surface area contributed by atoms with Crippen LogP contribution in [0.2, 0.25) is 0 Å². The van der Waals surface area contributed by atoms with Crippen molar-refractivity contribution in [3.8, 4) is 10.6 Å². The van der Waals surface area contributed by atoms with Crippen molar-refractivity contribution >= 4 is 32.7 Å². The molecule has 0 bridgehead atoms. The number of pyridine rings is 1. The zero-order valence-corrected chi connectivity index (χ0v) is 22.5. The van der Waals surface area contributed by atoms with Gasteiger partial charge < -0.3 is 10.2 Å². The Balaban J connectivity index is 1.89.